The SMILES string of the molecule is CN(C)CC(=O)Nc1cncc(-c2cnc3n[nH]c(-c4cc5c(-c6cc(F)cc(CNS(C)(=O)=O)c6)nccc5[nH]4)c3c2)c1. The number of aromatic nitrogens is 6. The molecule has 0 aliphatic rings. The average Bonchev–Trinajstić information content (AvgIpc) is 3.59. The molecule has 0 unspecified atom stereocenters. The molecule has 0 spiro atoms. The van der Waals surface area contributed by atoms with Crippen LogP contribution in [0.2, 0.25) is 0 Å². The number of H-pyrrole nitrogens is 2. The van der Waals surface area contributed by atoms with Crippen molar-refractivity contribution in [2.45, 2.75) is 6.54 Å². The number of benzene rings is 1. The molecule has 6 aromatic rings. The van der Waals surface area contributed by atoms with Gasteiger partial charge in [-0.25, -0.2) is 22.5 Å². The van der Waals surface area contributed by atoms with Gasteiger partial charge in [0.25, 0.3) is 0 Å². The van der Waals surface area contributed by atoms with E-state index in [1.54, 1.807) is 35.8 Å². The summed E-state index contributed by atoms with van der Waals surface area (Å²) in [6, 6.07) is 11.9. The molecule has 1 aromatic carbocycles. The lowest BCUT2D eigenvalue weighted by Gasteiger charge is -2.10. The number of anilines is 1. The van der Waals surface area contributed by atoms with Gasteiger partial charge in [-0.05, 0) is 62.1 Å². The molecule has 4 N–H and O–H groups in total. The fraction of sp³-hybridized carbons (Fsp3) is 0.167. The molecule has 6 rings (SSSR count). The molecular weight excluding hydrogens is 585 g/mol. The number of nitrogens with zero attached hydrogens (tertiary/aromatic N) is 5. The van der Waals surface area contributed by atoms with Gasteiger partial charge in [-0.2, -0.15) is 5.10 Å². The summed E-state index contributed by atoms with van der Waals surface area (Å²) in [7, 11) is 0.194. The molecule has 5 heterocycles. The van der Waals surface area contributed by atoms with Crippen LogP contribution in [0.4, 0.5) is 10.1 Å². The Labute approximate surface area is 251 Å². The minimum atomic E-state index is -3.45. The Morgan fingerprint density at radius 1 is 0.977 bits per heavy atom. The lowest BCUT2D eigenvalue weighted by molar-refractivity contribution is -0.116. The molecule has 44 heavy (non-hydrogen) atoms. The van der Waals surface area contributed by atoms with Crippen molar-refractivity contribution < 1.29 is 17.6 Å². The average molecular weight is 614 g/mol. The number of amides is 1. The van der Waals surface area contributed by atoms with Gasteiger partial charge in [-0.15, -0.1) is 0 Å². The zero-order valence-corrected chi connectivity index (χ0v) is 24.8. The van der Waals surface area contributed by atoms with E-state index in [1.165, 1.54) is 12.1 Å². The van der Waals surface area contributed by atoms with E-state index in [0.29, 0.717) is 39.5 Å². The third kappa shape index (κ3) is 6.32. The summed E-state index contributed by atoms with van der Waals surface area (Å²) >= 11 is 0. The number of nitrogens with one attached hydrogen (secondary N) is 4. The second kappa shape index (κ2) is 11.6. The molecule has 1 amide bonds. The first kappa shape index (κ1) is 29.0. The molecule has 14 heteroatoms. The molecular formula is C30H28FN9O3S. The van der Waals surface area contributed by atoms with E-state index < -0.39 is 15.8 Å². The van der Waals surface area contributed by atoms with Crippen LogP contribution in [0.25, 0.3) is 55.7 Å². The van der Waals surface area contributed by atoms with Crippen LogP contribution < -0.4 is 10.0 Å². The standard InChI is InChI=1S/C30H28FN9O3S/c1-40(2)16-27(41)36-22-9-19(13-32-15-22)20-10-24-29(38-39-30(24)34-14-20)26-11-23-25(37-26)4-5-33-28(23)18-6-17(7-21(31)8-18)12-35-44(3,42)43/h4-11,13-15,35,37H,12,16H2,1-3H3,(H,36,41)(H,34,38,39). The van der Waals surface area contributed by atoms with Gasteiger partial charge in [-0.1, -0.05) is 0 Å². The number of hydrogen-bond donors (Lipinski definition) is 4. The predicted octanol–water partition coefficient (Wildman–Crippen LogP) is 3.92. The normalized spacial score (nSPS) is 11.9. The molecule has 0 aliphatic carbocycles. The van der Waals surface area contributed by atoms with Crippen LogP contribution in [0.3, 0.4) is 0 Å². The van der Waals surface area contributed by atoms with Crippen molar-refractivity contribution in [3.8, 4) is 33.8 Å². The van der Waals surface area contributed by atoms with Gasteiger partial charge in [0.15, 0.2) is 5.65 Å². The quantitative estimate of drug-likeness (QED) is 0.191. The van der Waals surface area contributed by atoms with Crippen molar-refractivity contribution >= 4 is 43.6 Å². The Balaban J connectivity index is 1.36. The molecule has 0 fully saturated rings. The molecule has 0 saturated heterocycles. The van der Waals surface area contributed by atoms with Crippen LogP contribution in [-0.2, 0) is 21.4 Å². The van der Waals surface area contributed by atoms with E-state index in [1.807, 2.05) is 38.4 Å². The third-order valence-corrected chi connectivity index (χ3v) is 7.48. The molecule has 12 nitrogen and oxygen atoms in total. The maximum atomic E-state index is 14.6. The number of halogens is 1. The van der Waals surface area contributed by atoms with Crippen molar-refractivity contribution in [3.05, 3.63) is 78.6 Å². The Morgan fingerprint density at radius 2 is 1.80 bits per heavy atom. The Kier molecular flexibility index (Phi) is 7.63. The minimum absolute atomic E-state index is 0.0473. The van der Waals surface area contributed by atoms with Gasteiger partial charge in [-0.3, -0.25) is 19.9 Å². The van der Waals surface area contributed by atoms with Crippen molar-refractivity contribution in [2.75, 3.05) is 32.2 Å². The van der Waals surface area contributed by atoms with Crippen molar-refractivity contribution in [1.82, 2.24) is 39.8 Å². The number of pyridine rings is 3. The maximum Gasteiger partial charge on any atom is 0.238 e. The number of carbonyl (C=O) groups is 1. The first-order valence-corrected chi connectivity index (χ1v) is 15.4. The van der Waals surface area contributed by atoms with Gasteiger partial charge in [0.2, 0.25) is 15.9 Å². The van der Waals surface area contributed by atoms with Crippen LogP contribution in [0.15, 0.2) is 67.3 Å². The number of hydrogen-bond acceptors (Lipinski definition) is 8. The smallest absolute Gasteiger partial charge is 0.238 e. The first-order chi connectivity index (χ1) is 21.0. The highest BCUT2D eigenvalue weighted by Crippen LogP contribution is 2.34. The molecule has 0 saturated carbocycles. The highest BCUT2D eigenvalue weighted by atomic mass is 32.2. The summed E-state index contributed by atoms with van der Waals surface area (Å²) in [6.07, 6.45) is 7.66. The van der Waals surface area contributed by atoms with Crippen LogP contribution in [0.1, 0.15) is 5.56 Å². The van der Waals surface area contributed by atoms with Crippen LogP contribution >= 0.6 is 0 Å². The second-order valence-corrected chi connectivity index (χ2v) is 12.5. The lowest BCUT2D eigenvalue weighted by atomic mass is 10.0. The largest absolute Gasteiger partial charge is 0.353 e. The van der Waals surface area contributed by atoms with Gasteiger partial charge in [0, 0.05) is 58.1 Å². The lowest BCUT2D eigenvalue weighted by Crippen LogP contribution is -2.27. The predicted molar refractivity (Wildman–Crippen MR) is 166 cm³/mol. The van der Waals surface area contributed by atoms with E-state index in [4.69, 9.17) is 0 Å². The first-order valence-electron chi connectivity index (χ1n) is 13.5. The monoisotopic (exact) mass is 613 g/mol. The fourth-order valence-electron chi connectivity index (χ4n) is 4.94. The van der Waals surface area contributed by atoms with Crippen molar-refractivity contribution in [3.63, 3.8) is 0 Å². The summed E-state index contributed by atoms with van der Waals surface area (Å²) in [5.74, 6) is -0.649. The van der Waals surface area contributed by atoms with E-state index in [9.17, 15) is 17.6 Å². The molecule has 0 radical (unpaired) electrons. The van der Waals surface area contributed by atoms with E-state index in [2.05, 4.69) is 40.2 Å². The van der Waals surface area contributed by atoms with E-state index >= 15 is 0 Å². The van der Waals surface area contributed by atoms with E-state index in [-0.39, 0.29) is 19.0 Å². The molecule has 224 valence electrons. The number of likely N-dealkylation sites (N-methyl/N-ethyl adjacent to an activating group) is 1. The van der Waals surface area contributed by atoms with Crippen LogP contribution in [-0.4, -0.2) is 76.3 Å². The minimum Gasteiger partial charge on any atom is -0.353 e. The van der Waals surface area contributed by atoms with Crippen LogP contribution in [0.5, 0.6) is 0 Å². The Bertz CT molecular complexity index is 2140. The zero-order chi connectivity index (χ0) is 31.0. The van der Waals surface area contributed by atoms with Gasteiger partial charge >= 0.3 is 0 Å². The summed E-state index contributed by atoms with van der Waals surface area (Å²) in [5, 5.41) is 11.8. The summed E-state index contributed by atoms with van der Waals surface area (Å²) in [6.45, 7) is 0.201. The second-order valence-electron chi connectivity index (χ2n) is 10.7. The van der Waals surface area contributed by atoms with Gasteiger partial charge in [0.05, 0.1) is 41.8 Å². The van der Waals surface area contributed by atoms with Gasteiger partial charge in [0.1, 0.15) is 5.82 Å². The molecule has 5 aromatic heterocycles. The number of sulfonamides is 1. The molecule has 0 aliphatic heterocycles. The van der Waals surface area contributed by atoms with E-state index in [0.717, 1.165) is 33.7 Å². The third-order valence-electron chi connectivity index (χ3n) is 6.81. The number of aromatic amines is 2. The van der Waals surface area contributed by atoms with Gasteiger partial charge < -0.3 is 15.2 Å². The zero-order valence-electron chi connectivity index (χ0n) is 24.0. The molecule has 0 atom stereocenters. The fourth-order valence-corrected chi connectivity index (χ4v) is 5.37. The number of fused-ring (bicyclic) bond motifs is 2. The number of rotatable bonds is 9. The maximum absolute atomic E-state index is 14.6. The highest BCUT2D eigenvalue weighted by Gasteiger charge is 2.17. The summed E-state index contributed by atoms with van der Waals surface area (Å²) in [5.41, 5.74) is 6.32. The summed E-state index contributed by atoms with van der Waals surface area (Å²) < 4.78 is 40.1. The van der Waals surface area contributed by atoms with Crippen LogP contribution in [0, 0.1) is 5.82 Å². The number of carbonyl (C=O) groups excluding carboxylic acids is 1. The highest BCUT2D eigenvalue weighted by molar-refractivity contribution is 7.88. The summed E-state index contributed by atoms with van der Waals surface area (Å²) in [4.78, 5) is 30.8. The van der Waals surface area contributed by atoms with Crippen molar-refractivity contribution in [1.29, 1.82) is 0 Å². The Morgan fingerprint density at radius 3 is 2.59 bits per heavy atom. The van der Waals surface area contributed by atoms with Crippen molar-refractivity contribution in [2.24, 2.45) is 0 Å². The topological polar surface area (TPSA) is 162 Å². The Hall–Kier alpha value is -5.05. The molecule has 0 bridgehead atoms.